The molecule has 16 heavy (non-hydrogen) atoms. The van der Waals surface area contributed by atoms with Crippen LogP contribution in [-0.4, -0.2) is 24.5 Å². The number of nitriles is 1. The van der Waals surface area contributed by atoms with E-state index in [0.29, 0.717) is 6.04 Å². The molecular formula is C14H18N2. The van der Waals surface area contributed by atoms with Gasteiger partial charge >= 0.3 is 0 Å². The average molecular weight is 214 g/mol. The molecule has 0 aliphatic heterocycles. The van der Waals surface area contributed by atoms with Gasteiger partial charge in [0.05, 0.1) is 12.0 Å². The third-order valence-corrected chi connectivity index (χ3v) is 3.53. The minimum Gasteiger partial charge on any atom is -0.302 e. The number of nitrogens with zero attached hydrogens (tertiary/aromatic N) is 2. The molecule has 1 aliphatic rings. The monoisotopic (exact) mass is 214 g/mol. The maximum absolute atomic E-state index is 9.22. The molecule has 1 fully saturated rings. The SMILES string of the molecule is CN(CC(C#N)c1ccccc1)C1CCC1. The largest absolute Gasteiger partial charge is 0.302 e. The van der Waals surface area contributed by atoms with Crippen molar-refractivity contribution in [3.63, 3.8) is 0 Å². The van der Waals surface area contributed by atoms with E-state index in [1.54, 1.807) is 0 Å². The Morgan fingerprint density at radius 2 is 2.06 bits per heavy atom. The summed E-state index contributed by atoms with van der Waals surface area (Å²) in [7, 11) is 2.14. The van der Waals surface area contributed by atoms with Crippen molar-refractivity contribution in [2.75, 3.05) is 13.6 Å². The predicted octanol–water partition coefficient (Wildman–Crippen LogP) is 2.78. The highest BCUT2D eigenvalue weighted by Gasteiger charge is 2.24. The van der Waals surface area contributed by atoms with Gasteiger partial charge in [0.15, 0.2) is 0 Å². The van der Waals surface area contributed by atoms with Gasteiger partial charge < -0.3 is 4.90 Å². The topological polar surface area (TPSA) is 27.0 Å². The second-order valence-corrected chi connectivity index (χ2v) is 4.62. The Morgan fingerprint density at radius 3 is 2.56 bits per heavy atom. The smallest absolute Gasteiger partial charge is 0.0839 e. The van der Waals surface area contributed by atoms with Crippen LogP contribution in [0, 0.1) is 11.3 Å². The highest BCUT2D eigenvalue weighted by Crippen LogP contribution is 2.26. The lowest BCUT2D eigenvalue weighted by Gasteiger charge is -2.35. The van der Waals surface area contributed by atoms with Gasteiger partial charge in [-0.05, 0) is 25.5 Å². The molecule has 1 aromatic rings. The molecule has 0 radical (unpaired) electrons. The Balaban J connectivity index is 1.98. The molecule has 0 amide bonds. The van der Waals surface area contributed by atoms with Crippen molar-refractivity contribution in [1.82, 2.24) is 4.90 Å². The van der Waals surface area contributed by atoms with Crippen molar-refractivity contribution >= 4 is 0 Å². The summed E-state index contributed by atoms with van der Waals surface area (Å²) in [6.45, 7) is 0.852. The van der Waals surface area contributed by atoms with Gasteiger partial charge in [0.25, 0.3) is 0 Å². The normalized spacial score (nSPS) is 17.8. The highest BCUT2D eigenvalue weighted by atomic mass is 15.1. The number of rotatable bonds is 4. The lowest BCUT2D eigenvalue weighted by Crippen LogP contribution is -2.39. The second-order valence-electron chi connectivity index (χ2n) is 4.62. The van der Waals surface area contributed by atoms with Crippen LogP contribution >= 0.6 is 0 Å². The Hall–Kier alpha value is -1.33. The van der Waals surface area contributed by atoms with E-state index < -0.39 is 0 Å². The molecule has 84 valence electrons. The van der Waals surface area contributed by atoms with Gasteiger partial charge in [-0.3, -0.25) is 0 Å². The zero-order valence-corrected chi connectivity index (χ0v) is 9.76. The van der Waals surface area contributed by atoms with Gasteiger partial charge in [-0.25, -0.2) is 0 Å². The van der Waals surface area contributed by atoms with Crippen LogP contribution in [0.5, 0.6) is 0 Å². The van der Waals surface area contributed by atoms with E-state index in [1.807, 2.05) is 30.3 Å². The lowest BCUT2D eigenvalue weighted by molar-refractivity contribution is 0.157. The molecule has 0 spiro atoms. The van der Waals surface area contributed by atoms with Gasteiger partial charge in [0, 0.05) is 12.6 Å². The van der Waals surface area contributed by atoms with Crippen molar-refractivity contribution in [1.29, 1.82) is 5.26 Å². The minimum absolute atomic E-state index is 0.00630. The first kappa shape index (κ1) is 11.2. The summed E-state index contributed by atoms with van der Waals surface area (Å²) in [5.74, 6) is 0.00630. The minimum atomic E-state index is 0.00630. The fourth-order valence-corrected chi connectivity index (χ4v) is 2.17. The summed E-state index contributed by atoms with van der Waals surface area (Å²) >= 11 is 0. The molecule has 0 heterocycles. The third-order valence-electron chi connectivity index (χ3n) is 3.53. The summed E-state index contributed by atoms with van der Waals surface area (Å²) < 4.78 is 0. The van der Waals surface area contributed by atoms with Crippen molar-refractivity contribution in [3.05, 3.63) is 35.9 Å². The molecule has 1 saturated carbocycles. The summed E-state index contributed by atoms with van der Waals surface area (Å²) in [4.78, 5) is 2.34. The predicted molar refractivity (Wildman–Crippen MR) is 65.1 cm³/mol. The maximum atomic E-state index is 9.22. The molecule has 1 atom stereocenters. The van der Waals surface area contributed by atoms with E-state index in [4.69, 9.17) is 0 Å². The number of hydrogen-bond donors (Lipinski definition) is 0. The van der Waals surface area contributed by atoms with Crippen molar-refractivity contribution in [2.24, 2.45) is 0 Å². The fourth-order valence-electron chi connectivity index (χ4n) is 2.17. The molecule has 2 nitrogen and oxygen atoms in total. The fraction of sp³-hybridized carbons (Fsp3) is 0.500. The van der Waals surface area contributed by atoms with Gasteiger partial charge in [0.1, 0.15) is 0 Å². The van der Waals surface area contributed by atoms with Gasteiger partial charge in [-0.2, -0.15) is 5.26 Å². The van der Waals surface area contributed by atoms with Crippen LogP contribution < -0.4 is 0 Å². The average Bonchev–Trinajstić information content (AvgIpc) is 2.24. The van der Waals surface area contributed by atoms with Crippen molar-refractivity contribution in [3.8, 4) is 6.07 Å². The van der Waals surface area contributed by atoms with Crippen molar-refractivity contribution in [2.45, 2.75) is 31.2 Å². The lowest BCUT2D eigenvalue weighted by atomic mass is 9.90. The van der Waals surface area contributed by atoms with E-state index in [-0.39, 0.29) is 5.92 Å². The number of likely N-dealkylation sites (N-methyl/N-ethyl adjacent to an activating group) is 1. The summed E-state index contributed by atoms with van der Waals surface area (Å²) in [6, 6.07) is 13.2. The first-order valence-corrected chi connectivity index (χ1v) is 5.96. The summed E-state index contributed by atoms with van der Waals surface area (Å²) in [5.41, 5.74) is 1.14. The second kappa shape index (κ2) is 5.14. The molecule has 1 unspecified atom stereocenters. The Kier molecular flexibility index (Phi) is 3.58. The van der Waals surface area contributed by atoms with Crippen molar-refractivity contribution < 1.29 is 0 Å². The van der Waals surface area contributed by atoms with Gasteiger partial charge in [0.2, 0.25) is 0 Å². The molecule has 1 aliphatic carbocycles. The molecular weight excluding hydrogens is 196 g/mol. The van der Waals surface area contributed by atoms with E-state index in [9.17, 15) is 5.26 Å². The number of benzene rings is 1. The Labute approximate surface area is 97.5 Å². The van der Waals surface area contributed by atoms with Gasteiger partial charge in [-0.1, -0.05) is 36.8 Å². The van der Waals surface area contributed by atoms with Gasteiger partial charge in [-0.15, -0.1) is 0 Å². The standard InChI is InChI=1S/C14H18N2/c1-16(14-8-5-9-14)11-13(10-15)12-6-3-2-4-7-12/h2-4,6-7,13-14H,5,8-9,11H2,1H3. The molecule has 0 bridgehead atoms. The van der Waals surface area contributed by atoms with Crippen LogP contribution in [0.4, 0.5) is 0 Å². The number of hydrogen-bond acceptors (Lipinski definition) is 2. The van der Waals surface area contributed by atoms with E-state index >= 15 is 0 Å². The first-order valence-electron chi connectivity index (χ1n) is 5.96. The molecule has 2 heteroatoms. The van der Waals surface area contributed by atoms with Crippen LogP contribution in [0.15, 0.2) is 30.3 Å². The third kappa shape index (κ3) is 2.43. The highest BCUT2D eigenvalue weighted by molar-refractivity contribution is 5.25. The molecule has 1 aromatic carbocycles. The van der Waals surface area contributed by atoms with Crippen LogP contribution in [0.1, 0.15) is 30.7 Å². The maximum Gasteiger partial charge on any atom is 0.0839 e. The van der Waals surface area contributed by atoms with E-state index in [1.165, 1.54) is 19.3 Å². The molecule has 2 rings (SSSR count). The zero-order chi connectivity index (χ0) is 11.4. The molecule has 0 saturated heterocycles. The molecule has 0 aromatic heterocycles. The van der Waals surface area contributed by atoms with Crippen LogP contribution in [0.2, 0.25) is 0 Å². The Bertz CT molecular complexity index is 362. The van der Waals surface area contributed by atoms with Crippen LogP contribution in [0.3, 0.4) is 0 Å². The summed E-state index contributed by atoms with van der Waals surface area (Å²) in [6.07, 6.45) is 3.93. The Morgan fingerprint density at radius 1 is 1.38 bits per heavy atom. The zero-order valence-electron chi connectivity index (χ0n) is 9.76. The van der Waals surface area contributed by atoms with E-state index in [2.05, 4.69) is 18.0 Å². The molecule has 0 N–H and O–H groups in total. The van der Waals surface area contributed by atoms with Crippen LogP contribution in [0.25, 0.3) is 0 Å². The quantitative estimate of drug-likeness (QED) is 0.770. The van der Waals surface area contributed by atoms with Crippen LogP contribution in [-0.2, 0) is 0 Å². The summed E-state index contributed by atoms with van der Waals surface area (Å²) in [5, 5.41) is 9.22. The van der Waals surface area contributed by atoms with E-state index in [0.717, 1.165) is 12.1 Å². The first-order chi connectivity index (χ1) is 7.81.